The molecule has 2 aromatic rings. The summed E-state index contributed by atoms with van der Waals surface area (Å²) in [5.41, 5.74) is 7.59. The van der Waals surface area contributed by atoms with Gasteiger partial charge in [0.15, 0.2) is 0 Å². The van der Waals surface area contributed by atoms with Crippen molar-refractivity contribution in [3.05, 3.63) is 53.3 Å². The predicted octanol–water partition coefficient (Wildman–Crippen LogP) is 1.64. The van der Waals surface area contributed by atoms with Crippen LogP contribution >= 0.6 is 0 Å². The number of aromatic nitrogens is 2. The zero-order valence-corrected chi connectivity index (χ0v) is 12.4. The molecule has 0 saturated carbocycles. The molecule has 0 aliphatic carbocycles. The predicted molar refractivity (Wildman–Crippen MR) is 81.1 cm³/mol. The number of carboxylic acids is 1. The zero-order chi connectivity index (χ0) is 15.5. The largest absolute Gasteiger partial charge is 0.481 e. The Morgan fingerprint density at radius 1 is 1.43 bits per heavy atom. The number of hydrogen-bond acceptors (Lipinski definition) is 3. The number of carboxylic acid groups (broad SMARTS) is 1. The van der Waals surface area contributed by atoms with Gasteiger partial charge in [0.2, 0.25) is 0 Å². The normalized spacial score (nSPS) is 13.9. The molecule has 0 aliphatic rings. The van der Waals surface area contributed by atoms with Crippen molar-refractivity contribution in [3.63, 3.8) is 0 Å². The van der Waals surface area contributed by atoms with E-state index in [1.807, 2.05) is 44.4 Å². The molecule has 0 saturated heterocycles. The van der Waals surface area contributed by atoms with E-state index in [2.05, 4.69) is 5.10 Å². The number of aliphatic carboxylic acids is 1. The van der Waals surface area contributed by atoms with Crippen molar-refractivity contribution in [1.82, 2.24) is 9.78 Å². The third kappa shape index (κ3) is 2.97. The average molecular weight is 287 g/mol. The van der Waals surface area contributed by atoms with Crippen molar-refractivity contribution in [1.29, 1.82) is 0 Å². The summed E-state index contributed by atoms with van der Waals surface area (Å²) in [5.74, 6) is -0.872. The van der Waals surface area contributed by atoms with Crippen molar-refractivity contribution in [2.45, 2.75) is 25.2 Å². The third-order valence-corrected chi connectivity index (χ3v) is 4.02. The number of nitrogens with two attached hydrogens (primary N) is 1. The molecule has 2 rings (SSSR count). The van der Waals surface area contributed by atoms with E-state index in [1.54, 1.807) is 10.9 Å². The third-order valence-electron chi connectivity index (χ3n) is 4.02. The van der Waals surface area contributed by atoms with Gasteiger partial charge < -0.3 is 10.8 Å². The van der Waals surface area contributed by atoms with Gasteiger partial charge in [0.1, 0.15) is 5.41 Å². The van der Waals surface area contributed by atoms with Crippen LogP contribution in [-0.2, 0) is 23.7 Å². The number of rotatable bonds is 6. The van der Waals surface area contributed by atoms with Gasteiger partial charge in [-0.05, 0) is 36.5 Å². The molecule has 1 aromatic carbocycles. The van der Waals surface area contributed by atoms with Gasteiger partial charge in [-0.3, -0.25) is 9.48 Å². The molecule has 0 aliphatic heterocycles. The molecule has 5 heteroatoms. The van der Waals surface area contributed by atoms with Gasteiger partial charge in [-0.2, -0.15) is 5.10 Å². The Balaban J connectivity index is 2.33. The van der Waals surface area contributed by atoms with Gasteiger partial charge in [-0.25, -0.2) is 0 Å². The fourth-order valence-corrected chi connectivity index (χ4v) is 2.72. The van der Waals surface area contributed by atoms with Gasteiger partial charge in [0, 0.05) is 19.8 Å². The lowest BCUT2D eigenvalue weighted by atomic mass is 9.74. The second-order valence-corrected chi connectivity index (χ2v) is 5.43. The number of aryl methyl sites for hydroxylation is 3. The molecule has 0 bridgehead atoms. The lowest BCUT2D eigenvalue weighted by Gasteiger charge is -2.30. The number of carbonyl (C=O) groups is 1. The van der Waals surface area contributed by atoms with Gasteiger partial charge in [0.05, 0.1) is 6.20 Å². The molecule has 112 valence electrons. The molecule has 1 heterocycles. The monoisotopic (exact) mass is 287 g/mol. The summed E-state index contributed by atoms with van der Waals surface area (Å²) in [4.78, 5) is 11.9. The summed E-state index contributed by atoms with van der Waals surface area (Å²) in [6, 6.07) is 7.55. The Morgan fingerprint density at radius 3 is 2.67 bits per heavy atom. The van der Waals surface area contributed by atoms with Crippen LogP contribution in [0.2, 0.25) is 0 Å². The van der Waals surface area contributed by atoms with Crippen LogP contribution in [0.3, 0.4) is 0 Å². The van der Waals surface area contributed by atoms with Gasteiger partial charge in [-0.15, -0.1) is 0 Å². The maximum Gasteiger partial charge on any atom is 0.315 e. The topological polar surface area (TPSA) is 81.1 Å². The first-order valence-electron chi connectivity index (χ1n) is 6.96. The zero-order valence-electron chi connectivity index (χ0n) is 12.4. The summed E-state index contributed by atoms with van der Waals surface area (Å²) in [6.45, 7) is 2.00. The van der Waals surface area contributed by atoms with E-state index < -0.39 is 11.4 Å². The summed E-state index contributed by atoms with van der Waals surface area (Å²) in [6.07, 6.45) is 4.75. The minimum absolute atomic E-state index is 0.0768. The van der Waals surface area contributed by atoms with E-state index in [4.69, 9.17) is 5.73 Å². The van der Waals surface area contributed by atoms with E-state index in [1.165, 1.54) is 0 Å². The first-order chi connectivity index (χ1) is 9.99. The van der Waals surface area contributed by atoms with E-state index >= 15 is 0 Å². The summed E-state index contributed by atoms with van der Waals surface area (Å²) in [7, 11) is 1.85. The van der Waals surface area contributed by atoms with Crippen LogP contribution in [0.15, 0.2) is 36.7 Å². The highest BCUT2D eigenvalue weighted by atomic mass is 16.4. The molecule has 0 fully saturated rings. The summed E-state index contributed by atoms with van der Waals surface area (Å²) in [5, 5.41) is 13.9. The minimum atomic E-state index is -1.05. The van der Waals surface area contributed by atoms with Crippen molar-refractivity contribution in [3.8, 4) is 0 Å². The fourth-order valence-electron chi connectivity index (χ4n) is 2.72. The quantitative estimate of drug-likeness (QED) is 0.846. The van der Waals surface area contributed by atoms with Crippen LogP contribution in [0.1, 0.15) is 23.1 Å². The molecule has 0 spiro atoms. The van der Waals surface area contributed by atoms with Crippen molar-refractivity contribution in [2.75, 3.05) is 6.54 Å². The standard InChI is InChI=1S/C16H21N3O2/c1-12-5-3-4-6-14(12)16(11-17,15(20)21)8-7-13-9-18-19(2)10-13/h3-6,9-10H,7-8,11,17H2,1-2H3,(H,20,21). The molecular formula is C16H21N3O2. The average Bonchev–Trinajstić information content (AvgIpc) is 2.87. The van der Waals surface area contributed by atoms with Crippen LogP contribution in [-0.4, -0.2) is 27.4 Å². The Hall–Kier alpha value is -2.14. The van der Waals surface area contributed by atoms with E-state index in [0.717, 1.165) is 16.7 Å². The highest BCUT2D eigenvalue weighted by Gasteiger charge is 2.39. The van der Waals surface area contributed by atoms with Crippen LogP contribution in [0, 0.1) is 6.92 Å². The Labute approximate surface area is 124 Å². The number of nitrogens with zero attached hydrogens (tertiary/aromatic N) is 2. The minimum Gasteiger partial charge on any atom is -0.481 e. The maximum atomic E-state index is 11.9. The second-order valence-electron chi connectivity index (χ2n) is 5.43. The first kappa shape index (κ1) is 15.3. The molecule has 0 radical (unpaired) electrons. The molecule has 0 amide bonds. The highest BCUT2D eigenvalue weighted by Crippen LogP contribution is 2.31. The van der Waals surface area contributed by atoms with Gasteiger partial charge in [-0.1, -0.05) is 24.3 Å². The molecule has 1 unspecified atom stereocenters. The Bertz CT molecular complexity index is 636. The molecule has 1 aromatic heterocycles. The van der Waals surface area contributed by atoms with Crippen molar-refractivity contribution < 1.29 is 9.90 Å². The Kier molecular flexibility index (Phi) is 4.43. The molecule has 1 atom stereocenters. The van der Waals surface area contributed by atoms with Crippen molar-refractivity contribution in [2.24, 2.45) is 12.8 Å². The van der Waals surface area contributed by atoms with Gasteiger partial charge >= 0.3 is 5.97 Å². The maximum absolute atomic E-state index is 11.9. The summed E-state index contributed by atoms with van der Waals surface area (Å²) >= 11 is 0. The summed E-state index contributed by atoms with van der Waals surface area (Å²) < 4.78 is 1.72. The molecule has 3 N–H and O–H groups in total. The highest BCUT2D eigenvalue weighted by molar-refractivity contribution is 5.82. The van der Waals surface area contributed by atoms with Crippen LogP contribution in [0.5, 0.6) is 0 Å². The number of hydrogen-bond donors (Lipinski definition) is 2. The lowest BCUT2D eigenvalue weighted by Crippen LogP contribution is -2.44. The van der Waals surface area contributed by atoms with E-state index in [-0.39, 0.29) is 6.54 Å². The molecule has 5 nitrogen and oxygen atoms in total. The molecular weight excluding hydrogens is 266 g/mol. The van der Waals surface area contributed by atoms with Gasteiger partial charge in [0.25, 0.3) is 0 Å². The van der Waals surface area contributed by atoms with Crippen LogP contribution in [0.25, 0.3) is 0 Å². The number of benzene rings is 1. The fraction of sp³-hybridized carbons (Fsp3) is 0.375. The van der Waals surface area contributed by atoms with Crippen LogP contribution < -0.4 is 5.73 Å². The lowest BCUT2D eigenvalue weighted by molar-refractivity contribution is -0.143. The Morgan fingerprint density at radius 2 is 2.14 bits per heavy atom. The first-order valence-corrected chi connectivity index (χ1v) is 6.96. The smallest absolute Gasteiger partial charge is 0.315 e. The van der Waals surface area contributed by atoms with E-state index in [0.29, 0.717) is 12.8 Å². The second kappa shape index (κ2) is 6.10. The van der Waals surface area contributed by atoms with E-state index in [9.17, 15) is 9.90 Å². The van der Waals surface area contributed by atoms with Crippen molar-refractivity contribution >= 4 is 5.97 Å². The molecule has 21 heavy (non-hydrogen) atoms. The van der Waals surface area contributed by atoms with Crippen LogP contribution in [0.4, 0.5) is 0 Å². The SMILES string of the molecule is Cc1ccccc1C(CN)(CCc1cnn(C)c1)C(=O)O.